The van der Waals surface area contributed by atoms with E-state index in [4.69, 9.17) is 4.84 Å². The fourth-order valence-corrected chi connectivity index (χ4v) is 8.06. The lowest BCUT2D eigenvalue weighted by molar-refractivity contribution is -0.137. The number of imide groups is 1. The lowest BCUT2D eigenvalue weighted by Crippen LogP contribution is -2.52. The second-order valence-corrected chi connectivity index (χ2v) is 15.5. The van der Waals surface area contributed by atoms with Gasteiger partial charge < -0.3 is 35.5 Å². The van der Waals surface area contributed by atoms with E-state index < -0.39 is 18.0 Å². The summed E-state index contributed by atoms with van der Waals surface area (Å²) in [5, 5.41) is 29.3. The predicted molar refractivity (Wildman–Crippen MR) is 216 cm³/mol. The lowest BCUT2D eigenvalue weighted by Gasteiger charge is -2.34. The van der Waals surface area contributed by atoms with Crippen molar-refractivity contribution < 1.29 is 43.8 Å². The van der Waals surface area contributed by atoms with Crippen LogP contribution < -0.4 is 21.4 Å². The Morgan fingerprint density at radius 2 is 1.68 bits per heavy atom. The Morgan fingerprint density at radius 1 is 0.932 bits per heavy atom. The summed E-state index contributed by atoms with van der Waals surface area (Å²) in [6, 6.07) is 14.1. The maximum atomic E-state index is 13.2. The molecule has 0 saturated carbocycles. The maximum absolute atomic E-state index is 13.2. The molecule has 6 N–H and O–H groups in total. The number of rotatable bonds is 12. The van der Waals surface area contributed by atoms with Gasteiger partial charge in [-0.15, -0.1) is 5.48 Å². The summed E-state index contributed by atoms with van der Waals surface area (Å²) in [6.45, 7) is 9.15. The third kappa shape index (κ3) is 8.64. The number of piperidine rings is 1. The second-order valence-electron chi connectivity index (χ2n) is 15.5. The van der Waals surface area contributed by atoms with Crippen molar-refractivity contribution in [3.8, 4) is 11.5 Å². The number of hydrogen-bond donors (Lipinski definition) is 6. The van der Waals surface area contributed by atoms with Gasteiger partial charge in [0.1, 0.15) is 17.5 Å². The van der Waals surface area contributed by atoms with Crippen LogP contribution in [0.4, 0.5) is 5.69 Å². The highest BCUT2D eigenvalue weighted by Gasteiger charge is 2.40. The number of amides is 6. The van der Waals surface area contributed by atoms with Gasteiger partial charge in [0.2, 0.25) is 29.5 Å². The molecule has 2 unspecified atom stereocenters. The zero-order valence-corrected chi connectivity index (χ0v) is 33.3. The molecule has 0 spiro atoms. The fourth-order valence-electron chi connectivity index (χ4n) is 8.06. The van der Waals surface area contributed by atoms with E-state index in [1.165, 1.54) is 11.0 Å². The number of phenols is 2. The smallest absolute Gasteiger partial charge is 0.255 e. The molecule has 4 aliphatic heterocycles. The van der Waals surface area contributed by atoms with Crippen LogP contribution >= 0.6 is 0 Å². The molecule has 310 valence electrons. The quantitative estimate of drug-likeness (QED) is 0.147. The highest BCUT2D eigenvalue weighted by atomic mass is 16.7. The van der Waals surface area contributed by atoms with Crippen LogP contribution in [0.3, 0.4) is 0 Å². The molecule has 3 aromatic rings. The number of fused-ring (bicyclic) bond motifs is 1. The molecule has 7 rings (SSSR count). The first-order chi connectivity index (χ1) is 28.3. The van der Waals surface area contributed by atoms with Gasteiger partial charge >= 0.3 is 0 Å². The molecule has 59 heavy (non-hydrogen) atoms. The molecule has 0 radical (unpaired) electrons. The average Bonchev–Trinajstić information content (AvgIpc) is 3.79. The Kier molecular flexibility index (Phi) is 12.0. The topological polar surface area (TPSA) is 210 Å². The number of carbonyl (C=O) groups is 6. The minimum Gasteiger partial charge on any atom is -0.508 e. The van der Waals surface area contributed by atoms with E-state index in [0.717, 1.165) is 11.1 Å². The normalized spacial score (nSPS) is 19.5. The van der Waals surface area contributed by atoms with Crippen molar-refractivity contribution in [1.29, 1.82) is 0 Å². The first-order valence-corrected chi connectivity index (χ1v) is 20.0. The third-order valence-corrected chi connectivity index (χ3v) is 11.3. The lowest BCUT2D eigenvalue weighted by atomic mass is 9.92. The van der Waals surface area contributed by atoms with Gasteiger partial charge in [0.05, 0.1) is 5.56 Å². The number of phenolic OH excluding ortho intramolecular Hbond substituents is 2. The van der Waals surface area contributed by atoms with E-state index in [0.29, 0.717) is 78.5 Å². The van der Waals surface area contributed by atoms with Crippen molar-refractivity contribution in [2.24, 2.45) is 0 Å². The van der Waals surface area contributed by atoms with E-state index in [1.807, 2.05) is 45.0 Å². The average molecular weight is 808 g/mol. The van der Waals surface area contributed by atoms with E-state index in [1.54, 1.807) is 29.2 Å². The Morgan fingerprint density at radius 3 is 2.37 bits per heavy atom. The minimum absolute atomic E-state index is 0.0255. The van der Waals surface area contributed by atoms with Crippen molar-refractivity contribution in [1.82, 2.24) is 30.8 Å². The number of aromatic hydroxyl groups is 2. The zero-order chi connectivity index (χ0) is 42.0. The molecule has 0 bridgehead atoms. The number of anilines is 1. The number of hydrogen-bond acceptors (Lipinski definition) is 11. The van der Waals surface area contributed by atoms with Crippen LogP contribution in [0.25, 0.3) is 11.3 Å². The largest absolute Gasteiger partial charge is 0.508 e. The Labute approximate surface area is 341 Å². The first-order valence-electron chi connectivity index (χ1n) is 20.0. The highest BCUT2D eigenvalue weighted by molar-refractivity contribution is 6.07. The van der Waals surface area contributed by atoms with Crippen molar-refractivity contribution in [2.75, 3.05) is 38.0 Å². The Bertz CT molecular complexity index is 2210. The van der Waals surface area contributed by atoms with Crippen LogP contribution in [-0.4, -0.2) is 105 Å². The van der Waals surface area contributed by atoms with Gasteiger partial charge in [-0.2, -0.15) is 0 Å². The summed E-state index contributed by atoms with van der Waals surface area (Å²) in [5.41, 5.74) is 7.55. The summed E-state index contributed by atoms with van der Waals surface area (Å²) in [4.78, 5) is 87.8. The van der Waals surface area contributed by atoms with Crippen LogP contribution in [0.2, 0.25) is 0 Å². The molecule has 6 amide bonds. The number of carbonyl (C=O) groups excluding carboxylic acids is 6. The van der Waals surface area contributed by atoms with Gasteiger partial charge in [0, 0.05) is 93.5 Å². The molecule has 2 saturated heterocycles. The Balaban J connectivity index is 0.929. The van der Waals surface area contributed by atoms with Gasteiger partial charge in [-0.3, -0.25) is 39.0 Å². The number of nitrogens with one attached hydrogen (secondary N) is 4. The maximum Gasteiger partial charge on any atom is 0.255 e. The van der Waals surface area contributed by atoms with E-state index in [9.17, 15) is 39.0 Å². The molecule has 2 atom stereocenters. The van der Waals surface area contributed by atoms with Gasteiger partial charge in [-0.05, 0) is 54.2 Å². The van der Waals surface area contributed by atoms with Crippen molar-refractivity contribution in [2.45, 2.75) is 77.5 Å². The first kappa shape index (κ1) is 40.9. The summed E-state index contributed by atoms with van der Waals surface area (Å²) in [5.74, 6) is -1.91. The number of nitrogens with zero attached hydrogens (tertiary/aromatic N) is 3. The van der Waals surface area contributed by atoms with Gasteiger partial charge in [-0.25, -0.2) is 0 Å². The molecule has 16 heteroatoms. The van der Waals surface area contributed by atoms with E-state index in [-0.39, 0.29) is 79.2 Å². The summed E-state index contributed by atoms with van der Waals surface area (Å²) >= 11 is 0. The monoisotopic (exact) mass is 807 g/mol. The number of hydroxylamine groups is 1. The molecule has 3 aromatic carbocycles. The van der Waals surface area contributed by atoms with Gasteiger partial charge in [0.25, 0.3) is 5.91 Å². The SMILES string of the molecule is CCNC(=O)C1NOC(c2cc(C(C)C)c(O)cc2O)=C1c1ccc(CN2CCN(C(=O)CCC(=O)Nc3cccc4c3CN(C3CCC(=O)NC3=O)C4=O)CC2)cc1. The summed E-state index contributed by atoms with van der Waals surface area (Å²) in [7, 11) is 0. The van der Waals surface area contributed by atoms with Crippen molar-refractivity contribution >= 4 is 52.5 Å². The summed E-state index contributed by atoms with van der Waals surface area (Å²) < 4.78 is 0. The van der Waals surface area contributed by atoms with Crippen LogP contribution in [0.1, 0.15) is 90.5 Å². The molecular weight excluding hydrogens is 759 g/mol. The van der Waals surface area contributed by atoms with Gasteiger partial charge in [0.15, 0.2) is 11.8 Å². The highest BCUT2D eigenvalue weighted by Crippen LogP contribution is 2.42. The molecule has 0 aromatic heterocycles. The molecule has 16 nitrogen and oxygen atoms in total. The molecule has 4 heterocycles. The predicted octanol–water partition coefficient (Wildman–Crippen LogP) is 2.95. The number of likely N-dealkylation sites (N-methyl/N-ethyl adjacent to an activating group) is 1. The minimum atomic E-state index is -0.842. The molecule has 0 aliphatic carbocycles. The number of benzene rings is 3. The van der Waals surface area contributed by atoms with Gasteiger partial charge in [-0.1, -0.05) is 44.2 Å². The van der Waals surface area contributed by atoms with Crippen LogP contribution in [-0.2, 0) is 41.9 Å². The summed E-state index contributed by atoms with van der Waals surface area (Å²) in [6.07, 6.45) is 0.371. The second kappa shape index (κ2) is 17.3. The van der Waals surface area contributed by atoms with Crippen molar-refractivity contribution in [3.05, 3.63) is 88.0 Å². The van der Waals surface area contributed by atoms with Crippen LogP contribution in [0.5, 0.6) is 11.5 Å². The van der Waals surface area contributed by atoms with Crippen LogP contribution in [0, 0.1) is 0 Å². The van der Waals surface area contributed by atoms with E-state index in [2.05, 4.69) is 26.3 Å². The zero-order valence-electron chi connectivity index (χ0n) is 33.3. The molecule has 2 fully saturated rings. The van der Waals surface area contributed by atoms with E-state index >= 15 is 0 Å². The fraction of sp³-hybridized carbons (Fsp3) is 0.395. The van der Waals surface area contributed by atoms with Crippen LogP contribution in [0.15, 0.2) is 54.6 Å². The Hall–Kier alpha value is -6.26. The number of piperazine rings is 1. The molecule has 4 aliphatic rings. The standard InChI is InChI=1S/C43H49N7O9/c1-4-44-42(57)39-38(40(59-47-39)29-20-28(24(2)3)33(51)21-34(29)52)26-10-8-25(9-11-26)22-48-16-18-49(19-17-48)37(55)15-14-35(53)45-31-7-5-6-27-30(31)23-50(43(27)58)32-12-13-36(54)46-41(32)56/h5-11,20-21,24,32,39,47,51-52H,4,12-19,22-23H2,1-3H3,(H,44,57)(H,45,53)(H,46,54,56). The molecular formula is C43H49N7O9. The van der Waals surface area contributed by atoms with Crippen molar-refractivity contribution in [3.63, 3.8) is 0 Å². The third-order valence-electron chi connectivity index (χ3n) is 11.3.